The first-order chi connectivity index (χ1) is 19.0. The Kier molecular flexibility index (Phi) is 9.16. The van der Waals surface area contributed by atoms with Gasteiger partial charge in [-0.25, -0.2) is 4.79 Å². The van der Waals surface area contributed by atoms with E-state index in [-0.39, 0.29) is 18.0 Å². The van der Waals surface area contributed by atoms with Gasteiger partial charge < -0.3 is 25.6 Å². The van der Waals surface area contributed by atoms with Crippen LogP contribution in [0.25, 0.3) is 0 Å². The molecule has 0 saturated carbocycles. The fourth-order valence-electron chi connectivity index (χ4n) is 5.35. The van der Waals surface area contributed by atoms with E-state index in [1.54, 1.807) is 6.07 Å². The number of carbonyl (C=O) groups is 2. The number of benzene rings is 3. The molecule has 2 saturated heterocycles. The maximum absolute atomic E-state index is 13.4. The molecule has 1 atom stereocenters. The molecule has 2 heterocycles. The zero-order valence-electron chi connectivity index (χ0n) is 22.0. The molecule has 5 rings (SSSR count). The smallest absolute Gasteiger partial charge is 0.323 e. The number of rotatable bonds is 8. The normalized spacial score (nSPS) is 17.6. The van der Waals surface area contributed by atoms with Gasteiger partial charge in [-0.3, -0.25) is 4.79 Å². The number of anilines is 3. The van der Waals surface area contributed by atoms with Gasteiger partial charge in [-0.05, 0) is 89.8 Å². The quantitative estimate of drug-likeness (QED) is 0.281. The summed E-state index contributed by atoms with van der Waals surface area (Å²) in [6, 6.07) is 23.3. The zero-order valence-corrected chi connectivity index (χ0v) is 23.6. The Bertz CT molecular complexity index is 1270. The van der Waals surface area contributed by atoms with Crippen molar-refractivity contribution in [2.24, 2.45) is 5.92 Å². The summed E-state index contributed by atoms with van der Waals surface area (Å²) in [5.74, 6) is 0.476. The van der Waals surface area contributed by atoms with Crippen LogP contribution in [0, 0.1) is 5.92 Å². The number of urea groups is 1. The van der Waals surface area contributed by atoms with E-state index in [1.165, 1.54) is 5.56 Å². The molecule has 204 valence electrons. The maximum atomic E-state index is 13.4. The number of ether oxygens (including phenoxy) is 1. The highest BCUT2D eigenvalue weighted by Gasteiger charge is 2.25. The van der Waals surface area contributed by atoms with Crippen LogP contribution in [-0.2, 0) is 11.2 Å². The number of nitrogens with one attached hydrogen (secondary N) is 3. The predicted molar refractivity (Wildman–Crippen MR) is 160 cm³/mol. The average Bonchev–Trinajstić information content (AvgIpc) is 3.48. The zero-order chi connectivity index (χ0) is 27.0. The number of amides is 3. The van der Waals surface area contributed by atoms with Crippen LogP contribution in [0.2, 0.25) is 0 Å². The first kappa shape index (κ1) is 27.2. The van der Waals surface area contributed by atoms with Crippen molar-refractivity contribution in [2.75, 3.05) is 41.8 Å². The van der Waals surface area contributed by atoms with Crippen molar-refractivity contribution in [1.29, 1.82) is 0 Å². The molecule has 3 aromatic carbocycles. The molecule has 3 aromatic rings. The van der Waals surface area contributed by atoms with Crippen molar-refractivity contribution in [3.63, 3.8) is 0 Å². The van der Waals surface area contributed by atoms with Crippen molar-refractivity contribution >= 4 is 44.9 Å². The van der Waals surface area contributed by atoms with Crippen LogP contribution in [0.15, 0.2) is 77.3 Å². The van der Waals surface area contributed by atoms with Crippen LogP contribution >= 0.6 is 15.9 Å². The molecule has 3 N–H and O–H groups in total. The van der Waals surface area contributed by atoms with E-state index in [1.807, 2.05) is 36.4 Å². The predicted octanol–water partition coefficient (Wildman–Crippen LogP) is 6.46. The monoisotopic (exact) mass is 590 g/mol. The van der Waals surface area contributed by atoms with E-state index in [9.17, 15) is 9.59 Å². The summed E-state index contributed by atoms with van der Waals surface area (Å²) in [5.41, 5.74) is 4.06. The third-order valence-corrected chi connectivity index (χ3v) is 8.15. The number of carbonyl (C=O) groups excluding carboxylic acids is 2. The summed E-state index contributed by atoms with van der Waals surface area (Å²) in [7, 11) is 0. The molecule has 0 aliphatic carbocycles. The van der Waals surface area contributed by atoms with Crippen LogP contribution in [0.3, 0.4) is 0 Å². The Morgan fingerprint density at radius 3 is 2.44 bits per heavy atom. The number of piperidine rings is 1. The highest BCUT2D eigenvalue weighted by molar-refractivity contribution is 9.10. The van der Waals surface area contributed by atoms with Gasteiger partial charge in [0.1, 0.15) is 0 Å². The van der Waals surface area contributed by atoms with Crippen LogP contribution in [0.4, 0.5) is 21.9 Å². The van der Waals surface area contributed by atoms with Gasteiger partial charge in [-0.2, -0.15) is 0 Å². The summed E-state index contributed by atoms with van der Waals surface area (Å²) in [5, 5.41) is 8.79. The largest absolute Gasteiger partial charge is 0.376 e. The second kappa shape index (κ2) is 13.1. The average molecular weight is 592 g/mol. The Morgan fingerprint density at radius 1 is 0.923 bits per heavy atom. The standard InChI is InChI=1S/C31H35BrN4O3/c32-27-10-4-5-11-28(27)35-31(38)34-24-12-13-29(26(20-24)30(37)33-21-25-9-6-18-39-25)36-16-14-23(15-17-36)19-22-7-2-1-3-8-22/h1-5,7-8,10-13,20,23,25H,6,9,14-19,21H2,(H,33,37)(H2,34,35,38). The lowest BCUT2D eigenvalue weighted by Gasteiger charge is -2.35. The molecule has 7 nitrogen and oxygen atoms in total. The Morgan fingerprint density at radius 2 is 1.69 bits per heavy atom. The molecule has 2 fully saturated rings. The summed E-state index contributed by atoms with van der Waals surface area (Å²) < 4.78 is 6.49. The van der Waals surface area contributed by atoms with Crippen LogP contribution in [0.5, 0.6) is 0 Å². The number of hydrogen-bond donors (Lipinski definition) is 3. The number of nitrogens with zero attached hydrogens (tertiary/aromatic N) is 1. The second-order valence-corrected chi connectivity index (χ2v) is 11.1. The molecule has 0 bridgehead atoms. The Balaban J connectivity index is 1.28. The van der Waals surface area contributed by atoms with Crippen molar-refractivity contribution < 1.29 is 14.3 Å². The summed E-state index contributed by atoms with van der Waals surface area (Å²) in [6.45, 7) is 3.00. The van der Waals surface area contributed by atoms with Crippen molar-refractivity contribution in [3.05, 3.63) is 88.4 Å². The fraction of sp³-hybridized carbons (Fsp3) is 0.355. The molecule has 0 aromatic heterocycles. The molecule has 3 amide bonds. The molecule has 2 aliphatic rings. The van der Waals surface area contributed by atoms with Crippen molar-refractivity contribution in [3.8, 4) is 0 Å². The number of halogens is 1. The van der Waals surface area contributed by atoms with Gasteiger partial charge in [0.2, 0.25) is 0 Å². The van der Waals surface area contributed by atoms with Gasteiger partial charge in [0.25, 0.3) is 5.91 Å². The van der Waals surface area contributed by atoms with Gasteiger partial charge in [-0.15, -0.1) is 0 Å². The highest BCUT2D eigenvalue weighted by Crippen LogP contribution is 2.30. The molecule has 0 radical (unpaired) electrons. The second-order valence-electron chi connectivity index (χ2n) is 10.3. The van der Waals surface area contributed by atoms with E-state index >= 15 is 0 Å². The summed E-state index contributed by atoms with van der Waals surface area (Å²) in [4.78, 5) is 28.4. The molecule has 1 unspecified atom stereocenters. The molecule has 0 spiro atoms. The summed E-state index contributed by atoms with van der Waals surface area (Å²) in [6.07, 6.45) is 5.26. The topological polar surface area (TPSA) is 82.7 Å². The minimum atomic E-state index is -0.373. The van der Waals surface area contributed by atoms with Crippen LogP contribution in [0.1, 0.15) is 41.6 Å². The SMILES string of the molecule is O=C(Nc1ccc(N2CCC(Cc3ccccc3)CC2)c(C(=O)NCC2CCCO2)c1)Nc1ccccc1Br. The van der Waals surface area contributed by atoms with Gasteiger partial charge in [0, 0.05) is 42.1 Å². The lowest BCUT2D eigenvalue weighted by atomic mass is 9.89. The van der Waals surface area contributed by atoms with Gasteiger partial charge in [-0.1, -0.05) is 42.5 Å². The van der Waals surface area contributed by atoms with Gasteiger partial charge in [0.15, 0.2) is 0 Å². The molecule has 39 heavy (non-hydrogen) atoms. The van der Waals surface area contributed by atoms with Crippen LogP contribution in [-0.4, -0.2) is 44.3 Å². The lowest BCUT2D eigenvalue weighted by Crippen LogP contribution is -2.37. The van der Waals surface area contributed by atoms with Crippen LogP contribution < -0.4 is 20.9 Å². The maximum Gasteiger partial charge on any atom is 0.323 e. The summed E-state index contributed by atoms with van der Waals surface area (Å²) >= 11 is 3.45. The van der Waals surface area contributed by atoms with Crippen molar-refractivity contribution in [2.45, 2.75) is 38.2 Å². The minimum absolute atomic E-state index is 0.0579. The third kappa shape index (κ3) is 7.40. The third-order valence-electron chi connectivity index (χ3n) is 7.46. The molecule has 8 heteroatoms. The van der Waals surface area contributed by atoms with E-state index in [0.717, 1.165) is 62.0 Å². The number of para-hydroxylation sites is 1. The fourth-order valence-corrected chi connectivity index (χ4v) is 5.74. The molecule has 2 aliphatic heterocycles. The highest BCUT2D eigenvalue weighted by atomic mass is 79.9. The van der Waals surface area contributed by atoms with E-state index in [4.69, 9.17) is 4.74 Å². The van der Waals surface area contributed by atoms with E-state index in [0.29, 0.717) is 29.4 Å². The number of hydrogen-bond acceptors (Lipinski definition) is 4. The van der Waals surface area contributed by atoms with Crippen molar-refractivity contribution in [1.82, 2.24) is 5.32 Å². The first-order valence-electron chi connectivity index (χ1n) is 13.7. The van der Waals surface area contributed by atoms with E-state index < -0.39 is 0 Å². The lowest BCUT2D eigenvalue weighted by molar-refractivity contribution is 0.0858. The minimum Gasteiger partial charge on any atom is -0.376 e. The molecular weight excluding hydrogens is 556 g/mol. The van der Waals surface area contributed by atoms with Gasteiger partial charge >= 0.3 is 6.03 Å². The molecular formula is C31H35BrN4O3. The van der Waals surface area contributed by atoms with E-state index in [2.05, 4.69) is 67.1 Å². The Labute approximate surface area is 238 Å². The Hall–Kier alpha value is -3.36. The first-order valence-corrected chi connectivity index (χ1v) is 14.5. The van der Waals surface area contributed by atoms with Gasteiger partial charge in [0.05, 0.1) is 17.4 Å².